The highest BCUT2D eigenvalue weighted by atomic mass is 35.5. The number of methoxy groups -OCH3 is 1. The number of rotatable bonds is 5. The summed E-state index contributed by atoms with van der Waals surface area (Å²) in [5.41, 5.74) is 1.04. The average molecular weight is 271 g/mol. The van der Waals surface area contributed by atoms with E-state index in [1.54, 1.807) is 19.1 Å². The number of hydrogen-bond donors (Lipinski definition) is 1. The van der Waals surface area contributed by atoms with Crippen molar-refractivity contribution in [2.45, 2.75) is 19.5 Å². The number of benzene rings is 1. The third-order valence-corrected chi connectivity index (χ3v) is 2.72. The number of nitrogens with one attached hydrogen (secondary N) is 1. The quantitative estimate of drug-likeness (QED) is 0.893. The van der Waals surface area contributed by atoms with Gasteiger partial charge in [0.15, 0.2) is 0 Å². The normalized spacial score (nSPS) is 12.0. The molecule has 0 aliphatic carbocycles. The van der Waals surface area contributed by atoms with Gasteiger partial charge in [-0.3, -0.25) is 0 Å². The van der Waals surface area contributed by atoms with Crippen LogP contribution in [0.2, 0.25) is 5.02 Å². The largest absolute Gasteiger partial charge is 0.383 e. The van der Waals surface area contributed by atoms with E-state index in [1.165, 1.54) is 0 Å². The van der Waals surface area contributed by atoms with Crippen LogP contribution in [0.25, 0.3) is 0 Å². The molecule has 1 rings (SSSR count). The fourth-order valence-corrected chi connectivity index (χ4v) is 1.67. The van der Waals surface area contributed by atoms with Gasteiger partial charge in [0.05, 0.1) is 12.6 Å². The van der Waals surface area contributed by atoms with E-state index >= 15 is 0 Å². The monoisotopic (exact) mass is 270 g/mol. The lowest BCUT2D eigenvalue weighted by Gasteiger charge is -2.21. The summed E-state index contributed by atoms with van der Waals surface area (Å²) in [6, 6.07) is 7.33. The third-order valence-electron chi connectivity index (χ3n) is 2.47. The summed E-state index contributed by atoms with van der Waals surface area (Å²) >= 11 is 5.81. The molecule has 0 radical (unpaired) electrons. The fourth-order valence-electron chi connectivity index (χ4n) is 1.55. The first kappa shape index (κ1) is 14.8. The maximum absolute atomic E-state index is 11.8. The average Bonchev–Trinajstić information content (AvgIpc) is 2.32. The summed E-state index contributed by atoms with van der Waals surface area (Å²) in [4.78, 5) is 13.5. The zero-order chi connectivity index (χ0) is 13.5. The van der Waals surface area contributed by atoms with Crippen LogP contribution < -0.4 is 5.32 Å². The van der Waals surface area contributed by atoms with Gasteiger partial charge in [-0.15, -0.1) is 0 Å². The number of carbonyl (C=O) groups excluding carboxylic acids is 1. The van der Waals surface area contributed by atoms with Crippen LogP contribution in [-0.2, 0) is 11.3 Å². The van der Waals surface area contributed by atoms with Crippen molar-refractivity contribution in [3.63, 3.8) is 0 Å². The lowest BCUT2D eigenvalue weighted by molar-refractivity contribution is 0.162. The molecule has 0 aromatic heterocycles. The van der Waals surface area contributed by atoms with E-state index in [1.807, 2.05) is 31.2 Å². The molecule has 1 N–H and O–H groups in total. The highest BCUT2D eigenvalue weighted by Gasteiger charge is 2.11. The first-order valence-electron chi connectivity index (χ1n) is 5.78. The molecule has 100 valence electrons. The van der Waals surface area contributed by atoms with E-state index in [2.05, 4.69) is 5.32 Å². The summed E-state index contributed by atoms with van der Waals surface area (Å²) < 4.78 is 4.97. The molecular formula is C13H19ClN2O2. The Balaban J connectivity index is 2.46. The van der Waals surface area contributed by atoms with Gasteiger partial charge in [-0.25, -0.2) is 4.79 Å². The van der Waals surface area contributed by atoms with Gasteiger partial charge in [0, 0.05) is 25.7 Å². The van der Waals surface area contributed by atoms with Gasteiger partial charge in [0.25, 0.3) is 0 Å². The molecular weight excluding hydrogens is 252 g/mol. The standard InChI is InChI=1S/C13H19ClN2O2/c1-10(9-18-3)15-13(17)16(2)8-11-4-6-12(14)7-5-11/h4-7,10H,8-9H2,1-3H3,(H,15,17). The van der Waals surface area contributed by atoms with Gasteiger partial charge in [0.2, 0.25) is 0 Å². The zero-order valence-corrected chi connectivity index (χ0v) is 11.7. The van der Waals surface area contributed by atoms with Gasteiger partial charge < -0.3 is 15.0 Å². The Hall–Kier alpha value is -1.26. The van der Waals surface area contributed by atoms with Crippen LogP contribution in [0.1, 0.15) is 12.5 Å². The summed E-state index contributed by atoms with van der Waals surface area (Å²) in [6.07, 6.45) is 0. The first-order valence-corrected chi connectivity index (χ1v) is 6.15. The van der Waals surface area contributed by atoms with Gasteiger partial charge in [0.1, 0.15) is 0 Å². The van der Waals surface area contributed by atoms with Crippen molar-refractivity contribution in [2.75, 3.05) is 20.8 Å². The molecule has 0 heterocycles. The smallest absolute Gasteiger partial charge is 0.317 e. The van der Waals surface area contributed by atoms with Gasteiger partial charge >= 0.3 is 6.03 Å². The summed E-state index contributed by atoms with van der Waals surface area (Å²) in [5, 5.41) is 3.54. The highest BCUT2D eigenvalue weighted by molar-refractivity contribution is 6.30. The van der Waals surface area contributed by atoms with E-state index in [4.69, 9.17) is 16.3 Å². The van der Waals surface area contributed by atoms with Crippen molar-refractivity contribution >= 4 is 17.6 Å². The minimum atomic E-state index is -0.116. The van der Waals surface area contributed by atoms with E-state index in [-0.39, 0.29) is 12.1 Å². The predicted octanol–water partition coefficient (Wildman–Crippen LogP) is 2.52. The van der Waals surface area contributed by atoms with Gasteiger partial charge in [-0.05, 0) is 24.6 Å². The van der Waals surface area contributed by atoms with E-state index in [0.29, 0.717) is 18.2 Å². The molecule has 5 heteroatoms. The molecule has 0 saturated carbocycles. The Morgan fingerprint density at radius 2 is 2.06 bits per heavy atom. The Bertz CT molecular complexity index is 381. The van der Waals surface area contributed by atoms with Crippen LogP contribution >= 0.6 is 11.6 Å². The maximum Gasteiger partial charge on any atom is 0.317 e. The minimum absolute atomic E-state index is 0.00447. The molecule has 2 amide bonds. The van der Waals surface area contributed by atoms with Crippen LogP contribution in [0.5, 0.6) is 0 Å². The molecule has 0 bridgehead atoms. The fraction of sp³-hybridized carbons (Fsp3) is 0.462. The molecule has 0 aliphatic rings. The van der Waals surface area contributed by atoms with Crippen molar-refractivity contribution in [1.82, 2.24) is 10.2 Å². The second-order valence-corrected chi connectivity index (χ2v) is 4.72. The molecule has 1 atom stereocenters. The second kappa shape index (κ2) is 7.24. The SMILES string of the molecule is COCC(C)NC(=O)N(C)Cc1ccc(Cl)cc1. The topological polar surface area (TPSA) is 41.6 Å². The zero-order valence-electron chi connectivity index (χ0n) is 10.9. The third kappa shape index (κ3) is 4.94. The Labute approximate surface area is 113 Å². The molecule has 0 saturated heterocycles. The maximum atomic E-state index is 11.8. The van der Waals surface area contributed by atoms with Gasteiger partial charge in [-0.2, -0.15) is 0 Å². The lowest BCUT2D eigenvalue weighted by Crippen LogP contribution is -2.43. The summed E-state index contributed by atoms with van der Waals surface area (Å²) in [6.45, 7) is 2.95. The van der Waals surface area contributed by atoms with Crippen molar-refractivity contribution in [2.24, 2.45) is 0 Å². The minimum Gasteiger partial charge on any atom is -0.383 e. The number of hydrogen-bond acceptors (Lipinski definition) is 2. The summed E-state index contributed by atoms with van der Waals surface area (Å²) in [7, 11) is 3.36. The van der Waals surface area contributed by atoms with Gasteiger partial charge in [-0.1, -0.05) is 23.7 Å². The van der Waals surface area contributed by atoms with E-state index in [9.17, 15) is 4.79 Å². The lowest BCUT2D eigenvalue weighted by atomic mass is 10.2. The molecule has 0 aliphatic heterocycles. The molecule has 1 aromatic carbocycles. The van der Waals surface area contributed by atoms with Crippen LogP contribution in [0.15, 0.2) is 24.3 Å². The predicted molar refractivity (Wildman–Crippen MR) is 72.8 cm³/mol. The van der Waals surface area contributed by atoms with Crippen molar-refractivity contribution in [3.8, 4) is 0 Å². The van der Waals surface area contributed by atoms with Crippen LogP contribution in [0.4, 0.5) is 4.79 Å². The number of carbonyl (C=O) groups is 1. The Morgan fingerprint density at radius 3 is 2.61 bits per heavy atom. The molecule has 1 unspecified atom stereocenters. The van der Waals surface area contributed by atoms with Crippen LogP contribution in [-0.4, -0.2) is 37.7 Å². The van der Waals surface area contributed by atoms with Crippen molar-refractivity contribution < 1.29 is 9.53 Å². The molecule has 0 spiro atoms. The Morgan fingerprint density at radius 1 is 1.44 bits per heavy atom. The van der Waals surface area contributed by atoms with Crippen molar-refractivity contribution in [3.05, 3.63) is 34.9 Å². The molecule has 4 nitrogen and oxygen atoms in total. The van der Waals surface area contributed by atoms with E-state index < -0.39 is 0 Å². The number of halogens is 1. The summed E-state index contributed by atoms with van der Waals surface area (Å²) in [5.74, 6) is 0. The number of nitrogens with zero attached hydrogens (tertiary/aromatic N) is 1. The van der Waals surface area contributed by atoms with Crippen molar-refractivity contribution in [1.29, 1.82) is 0 Å². The molecule has 18 heavy (non-hydrogen) atoms. The second-order valence-electron chi connectivity index (χ2n) is 4.29. The van der Waals surface area contributed by atoms with E-state index in [0.717, 1.165) is 5.56 Å². The Kier molecular flexibility index (Phi) is 5.95. The number of ether oxygens (including phenoxy) is 1. The molecule has 0 fully saturated rings. The molecule has 1 aromatic rings. The number of urea groups is 1. The highest BCUT2D eigenvalue weighted by Crippen LogP contribution is 2.10. The van der Waals surface area contributed by atoms with Crippen LogP contribution in [0.3, 0.4) is 0 Å². The first-order chi connectivity index (χ1) is 8.52. The van der Waals surface area contributed by atoms with Crippen LogP contribution in [0, 0.1) is 0 Å². The number of amides is 2.